The van der Waals surface area contributed by atoms with Crippen LogP contribution in [0.2, 0.25) is 0 Å². The standard InChI is InChI=1S/C22H24BrN3O4/c1-6-30-20-18(28-4)9-14(10-19(20)29-5)12-24-26-21(13(2)3)25-17-8-7-15(23)11-16(17)22(26)27/h7-13H,6H2,1-5H3. The Bertz CT molecular complexity index is 1130. The summed E-state index contributed by atoms with van der Waals surface area (Å²) in [5.41, 5.74) is 1.11. The molecule has 3 aromatic rings. The number of fused-ring (bicyclic) bond motifs is 1. The molecule has 0 amide bonds. The van der Waals surface area contributed by atoms with Crippen molar-refractivity contribution in [3.8, 4) is 17.2 Å². The van der Waals surface area contributed by atoms with Crippen LogP contribution in [0.25, 0.3) is 10.9 Å². The van der Waals surface area contributed by atoms with Crippen molar-refractivity contribution in [3.05, 3.63) is 56.5 Å². The zero-order valence-corrected chi connectivity index (χ0v) is 19.2. The highest BCUT2D eigenvalue weighted by Gasteiger charge is 2.15. The van der Waals surface area contributed by atoms with Gasteiger partial charge in [-0.15, -0.1) is 0 Å². The van der Waals surface area contributed by atoms with E-state index in [1.165, 1.54) is 4.68 Å². The van der Waals surface area contributed by atoms with Gasteiger partial charge in [-0.2, -0.15) is 9.78 Å². The molecule has 158 valence electrons. The number of aromatic nitrogens is 2. The zero-order valence-electron chi connectivity index (χ0n) is 17.6. The van der Waals surface area contributed by atoms with Crippen molar-refractivity contribution in [2.75, 3.05) is 20.8 Å². The molecule has 0 radical (unpaired) electrons. The first-order chi connectivity index (χ1) is 14.4. The van der Waals surface area contributed by atoms with E-state index in [1.807, 2.05) is 32.9 Å². The van der Waals surface area contributed by atoms with Gasteiger partial charge in [0.15, 0.2) is 11.5 Å². The molecule has 0 unspecified atom stereocenters. The van der Waals surface area contributed by atoms with Crippen LogP contribution in [0.1, 0.15) is 38.1 Å². The summed E-state index contributed by atoms with van der Waals surface area (Å²) in [6.07, 6.45) is 1.58. The van der Waals surface area contributed by atoms with E-state index in [9.17, 15) is 4.79 Å². The van der Waals surface area contributed by atoms with Gasteiger partial charge in [0.2, 0.25) is 5.75 Å². The third-order valence-electron chi connectivity index (χ3n) is 4.44. The molecule has 0 fully saturated rings. The lowest BCUT2D eigenvalue weighted by atomic mass is 10.2. The molecule has 0 saturated carbocycles. The Kier molecular flexibility index (Phi) is 6.77. The van der Waals surface area contributed by atoms with Gasteiger partial charge in [-0.25, -0.2) is 4.98 Å². The van der Waals surface area contributed by atoms with Crippen LogP contribution in [-0.2, 0) is 0 Å². The number of rotatable bonds is 7. The van der Waals surface area contributed by atoms with Crippen LogP contribution in [0, 0.1) is 0 Å². The number of hydrogen-bond acceptors (Lipinski definition) is 6. The van der Waals surface area contributed by atoms with Gasteiger partial charge < -0.3 is 14.2 Å². The second kappa shape index (κ2) is 9.30. The average molecular weight is 474 g/mol. The smallest absolute Gasteiger partial charge is 0.282 e. The zero-order chi connectivity index (χ0) is 21.8. The molecular weight excluding hydrogens is 450 g/mol. The minimum Gasteiger partial charge on any atom is -0.493 e. The third-order valence-corrected chi connectivity index (χ3v) is 4.94. The molecule has 2 aromatic carbocycles. The predicted octanol–water partition coefficient (Wildman–Crippen LogP) is 4.58. The lowest BCUT2D eigenvalue weighted by Gasteiger charge is -2.14. The lowest BCUT2D eigenvalue weighted by Crippen LogP contribution is -2.23. The number of benzene rings is 2. The van der Waals surface area contributed by atoms with Gasteiger partial charge in [0, 0.05) is 16.0 Å². The molecule has 0 atom stereocenters. The number of hydrogen-bond donors (Lipinski definition) is 0. The molecule has 0 bridgehead atoms. The molecular formula is C22H24BrN3O4. The minimum atomic E-state index is -0.230. The molecule has 1 heterocycles. The largest absolute Gasteiger partial charge is 0.493 e. The molecule has 0 saturated heterocycles. The van der Waals surface area contributed by atoms with Gasteiger partial charge in [-0.05, 0) is 37.3 Å². The third kappa shape index (κ3) is 4.33. The normalized spacial score (nSPS) is 11.4. The van der Waals surface area contributed by atoms with Crippen LogP contribution in [-0.4, -0.2) is 36.7 Å². The van der Waals surface area contributed by atoms with Crippen molar-refractivity contribution >= 4 is 33.0 Å². The molecule has 0 aliphatic heterocycles. The monoisotopic (exact) mass is 473 g/mol. The van der Waals surface area contributed by atoms with Crippen molar-refractivity contribution in [1.29, 1.82) is 0 Å². The van der Waals surface area contributed by atoms with Crippen molar-refractivity contribution in [1.82, 2.24) is 9.66 Å². The first-order valence-electron chi connectivity index (χ1n) is 9.55. The van der Waals surface area contributed by atoms with Gasteiger partial charge in [-0.3, -0.25) is 4.79 Å². The molecule has 1 aromatic heterocycles. The number of ether oxygens (including phenoxy) is 3. The van der Waals surface area contributed by atoms with E-state index in [1.54, 1.807) is 38.6 Å². The molecule has 0 aliphatic rings. The van der Waals surface area contributed by atoms with E-state index in [-0.39, 0.29) is 11.5 Å². The highest BCUT2D eigenvalue weighted by atomic mass is 79.9. The van der Waals surface area contributed by atoms with E-state index in [4.69, 9.17) is 14.2 Å². The Hall–Kier alpha value is -2.87. The number of nitrogens with zero attached hydrogens (tertiary/aromatic N) is 3. The Morgan fingerprint density at radius 3 is 2.40 bits per heavy atom. The maximum Gasteiger partial charge on any atom is 0.282 e. The number of methoxy groups -OCH3 is 2. The van der Waals surface area contributed by atoms with Crippen LogP contribution in [0.4, 0.5) is 0 Å². The molecule has 3 rings (SSSR count). The second-order valence-corrected chi connectivity index (χ2v) is 7.75. The van der Waals surface area contributed by atoms with Gasteiger partial charge >= 0.3 is 0 Å². The van der Waals surface area contributed by atoms with Crippen LogP contribution in [0.5, 0.6) is 17.2 Å². The Balaban J connectivity index is 2.15. The summed E-state index contributed by atoms with van der Waals surface area (Å²) in [7, 11) is 3.12. The summed E-state index contributed by atoms with van der Waals surface area (Å²) in [4.78, 5) is 17.8. The molecule has 0 spiro atoms. The van der Waals surface area contributed by atoms with Crippen molar-refractivity contribution in [2.24, 2.45) is 5.10 Å². The van der Waals surface area contributed by atoms with E-state index >= 15 is 0 Å². The summed E-state index contributed by atoms with van der Waals surface area (Å²) >= 11 is 3.41. The fourth-order valence-electron chi connectivity index (χ4n) is 3.04. The van der Waals surface area contributed by atoms with Crippen molar-refractivity contribution in [3.63, 3.8) is 0 Å². The molecule has 30 heavy (non-hydrogen) atoms. The molecule has 7 nitrogen and oxygen atoms in total. The molecule has 8 heteroatoms. The highest BCUT2D eigenvalue weighted by molar-refractivity contribution is 9.10. The average Bonchev–Trinajstić information content (AvgIpc) is 2.73. The summed E-state index contributed by atoms with van der Waals surface area (Å²) in [6.45, 7) is 6.31. The van der Waals surface area contributed by atoms with Gasteiger partial charge in [0.1, 0.15) is 5.82 Å². The second-order valence-electron chi connectivity index (χ2n) is 6.84. The summed E-state index contributed by atoms with van der Waals surface area (Å²) < 4.78 is 18.7. The van der Waals surface area contributed by atoms with Crippen molar-refractivity contribution in [2.45, 2.75) is 26.7 Å². The van der Waals surface area contributed by atoms with Crippen LogP contribution in [0.3, 0.4) is 0 Å². The van der Waals surface area contributed by atoms with Crippen molar-refractivity contribution < 1.29 is 14.2 Å². The van der Waals surface area contributed by atoms with E-state index < -0.39 is 0 Å². The fourth-order valence-corrected chi connectivity index (χ4v) is 3.40. The summed E-state index contributed by atoms with van der Waals surface area (Å²) in [5.74, 6) is 2.16. The molecule has 0 aliphatic carbocycles. The molecule has 0 N–H and O–H groups in total. The SMILES string of the molecule is CCOc1c(OC)cc(C=Nn2c(C(C)C)nc3ccc(Br)cc3c2=O)cc1OC. The topological polar surface area (TPSA) is 74.9 Å². The van der Waals surface area contributed by atoms with E-state index in [0.717, 1.165) is 4.47 Å². The first kappa shape index (κ1) is 21.8. The van der Waals surface area contributed by atoms with E-state index in [2.05, 4.69) is 26.0 Å². The van der Waals surface area contributed by atoms with Gasteiger partial charge in [0.25, 0.3) is 5.56 Å². The maximum atomic E-state index is 13.1. The summed E-state index contributed by atoms with van der Waals surface area (Å²) in [5, 5.41) is 4.95. The van der Waals surface area contributed by atoms with Crippen LogP contribution >= 0.6 is 15.9 Å². The Morgan fingerprint density at radius 1 is 1.17 bits per heavy atom. The summed E-state index contributed by atoms with van der Waals surface area (Å²) in [6, 6.07) is 9.00. The fraction of sp³-hybridized carbons (Fsp3) is 0.318. The quantitative estimate of drug-likeness (QED) is 0.469. The predicted molar refractivity (Wildman–Crippen MR) is 121 cm³/mol. The maximum absolute atomic E-state index is 13.1. The van der Waals surface area contributed by atoms with Crippen LogP contribution in [0.15, 0.2) is 44.7 Å². The van der Waals surface area contributed by atoms with E-state index in [0.29, 0.717) is 46.1 Å². The first-order valence-corrected chi connectivity index (χ1v) is 10.3. The lowest BCUT2D eigenvalue weighted by molar-refractivity contribution is 0.288. The van der Waals surface area contributed by atoms with Gasteiger partial charge in [0.05, 0.1) is 37.9 Å². The highest BCUT2D eigenvalue weighted by Crippen LogP contribution is 2.38. The van der Waals surface area contributed by atoms with Crippen LogP contribution < -0.4 is 19.8 Å². The Labute approximate surface area is 183 Å². The number of halogens is 1. The minimum absolute atomic E-state index is 0.00676. The Morgan fingerprint density at radius 2 is 1.83 bits per heavy atom. The van der Waals surface area contributed by atoms with Gasteiger partial charge in [-0.1, -0.05) is 29.8 Å².